The molecule has 0 bridgehead atoms. The van der Waals surface area contributed by atoms with Crippen LogP contribution in [0.2, 0.25) is 0 Å². The fourth-order valence-corrected chi connectivity index (χ4v) is 2.82. The van der Waals surface area contributed by atoms with Crippen LogP contribution in [-0.2, 0) is 4.74 Å². The van der Waals surface area contributed by atoms with Crippen molar-refractivity contribution in [2.75, 3.05) is 48.9 Å². The first-order valence-corrected chi connectivity index (χ1v) is 9.23. The minimum atomic E-state index is -0.256. The second-order valence-electron chi connectivity index (χ2n) is 6.23. The van der Waals surface area contributed by atoms with Gasteiger partial charge in [0.15, 0.2) is 0 Å². The highest BCUT2D eigenvalue weighted by atomic mass is 16.5. The summed E-state index contributed by atoms with van der Waals surface area (Å²) >= 11 is 0. The van der Waals surface area contributed by atoms with E-state index >= 15 is 0 Å². The number of aromatic nitrogens is 2. The third-order valence-electron chi connectivity index (χ3n) is 4.27. The molecule has 2 rings (SSSR count). The predicted octanol–water partition coefficient (Wildman–Crippen LogP) is 3.25. The van der Waals surface area contributed by atoms with Gasteiger partial charge in [-0.2, -0.15) is 0 Å². The van der Waals surface area contributed by atoms with Gasteiger partial charge in [-0.25, -0.2) is 9.97 Å². The Kier molecular flexibility index (Phi) is 7.55. The number of amides is 1. The molecule has 0 fully saturated rings. The van der Waals surface area contributed by atoms with Crippen LogP contribution in [-0.4, -0.2) is 49.2 Å². The van der Waals surface area contributed by atoms with E-state index in [1.807, 2.05) is 19.1 Å². The van der Waals surface area contributed by atoms with Gasteiger partial charge in [0, 0.05) is 44.2 Å². The van der Waals surface area contributed by atoms with Crippen molar-refractivity contribution >= 4 is 23.1 Å². The van der Waals surface area contributed by atoms with Crippen LogP contribution in [0.15, 0.2) is 24.3 Å². The van der Waals surface area contributed by atoms with Crippen molar-refractivity contribution in [1.29, 1.82) is 0 Å². The van der Waals surface area contributed by atoms with Gasteiger partial charge in [0.25, 0.3) is 5.91 Å². The summed E-state index contributed by atoms with van der Waals surface area (Å²) in [6, 6.07) is 7.70. The molecule has 7 heteroatoms. The molecule has 0 radical (unpaired) electrons. The smallest absolute Gasteiger partial charge is 0.274 e. The lowest BCUT2D eigenvalue weighted by Gasteiger charge is -2.22. The summed E-state index contributed by atoms with van der Waals surface area (Å²) in [5, 5.41) is 6.08. The number of ether oxygens (including phenoxy) is 1. The molecule has 1 amide bonds. The number of rotatable bonds is 9. The first-order chi connectivity index (χ1) is 13.0. The summed E-state index contributed by atoms with van der Waals surface area (Å²) in [4.78, 5) is 23.5. The fraction of sp³-hybridized carbons (Fsp3) is 0.450. The molecule has 1 aromatic heterocycles. The van der Waals surface area contributed by atoms with Crippen molar-refractivity contribution in [3.05, 3.63) is 41.3 Å². The highest BCUT2D eigenvalue weighted by molar-refractivity contribution is 6.03. The van der Waals surface area contributed by atoms with Gasteiger partial charge in [-0.05, 0) is 51.5 Å². The topological polar surface area (TPSA) is 79.4 Å². The zero-order valence-corrected chi connectivity index (χ0v) is 16.8. The third kappa shape index (κ3) is 5.65. The number of anilines is 3. The van der Waals surface area contributed by atoms with Gasteiger partial charge in [0.2, 0.25) is 0 Å². The first kappa shape index (κ1) is 20.6. The number of nitrogens with zero attached hydrogens (tertiary/aromatic N) is 3. The zero-order chi connectivity index (χ0) is 19.8. The number of aryl methyl sites for hydroxylation is 2. The molecule has 7 nitrogen and oxygen atoms in total. The minimum absolute atomic E-state index is 0.256. The molecule has 0 saturated carbocycles. The molecule has 0 atom stereocenters. The van der Waals surface area contributed by atoms with Crippen LogP contribution in [0, 0.1) is 13.8 Å². The number of methoxy groups -OCH3 is 1. The molecule has 1 aromatic carbocycles. The van der Waals surface area contributed by atoms with E-state index in [2.05, 4.69) is 45.4 Å². The minimum Gasteiger partial charge on any atom is -0.383 e. The summed E-state index contributed by atoms with van der Waals surface area (Å²) in [5.41, 5.74) is 3.27. The van der Waals surface area contributed by atoms with Crippen molar-refractivity contribution in [3.8, 4) is 0 Å². The SMILES string of the molecule is CCN(CC)c1ccc(NC(=O)c2cc(NCCOC)nc(C)n2)c(C)c1. The lowest BCUT2D eigenvalue weighted by atomic mass is 10.1. The Labute approximate surface area is 161 Å². The van der Waals surface area contributed by atoms with Gasteiger partial charge in [0.05, 0.1) is 6.61 Å². The van der Waals surface area contributed by atoms with Crippen LogP contribution < -0.4 is 15.5 Å². The van der Waals surface area contributed by atoms with E-state index in [1.54, 1.807) is 20.1 Å². The maximum absolute atomic E-state index is 12.7. The second kappa shape index (κ2) is 9.87. The van der Waals surface area contributed by atoms with E-state index in [-0.39, 0.29) is 5.91 Å². The van der Waals surface area contributed by atoms with Gasteiger partial charge in [-0.3, -0.25) is 4.79 Å². The van der Waals surface area contributed by atoms with Crippen LogP contribution in [0.3, 0.4) is 0 Å². The molecule has 1 heterocycles. The predicted molar refractivity (Wildman–Crippen MR) is 110 cm³/mol. The molecule has 0 aliphatic rings. The Morgan fingerprint density at radius 3 is 2.52 bits per heavy atom. The van der Waals surface area contributed by atoms with Crippen molar-refractivity contribution in [3.63, 3.8) is 0 Å². The van der Waals surface area contributed by atoms with Gasteiger partial charge in [-0.15, -0.1) is 0 Å². The monoisotopic (exact) mass is 371 g/mol. The molecule has 0 spiro atoms. The molecule has 0 unspecified atom stereocenters. The Hall–Kier alpha value is -2.67. The highest BCUT2D eigenvalue weighted by Crippen LogP contribution is 2.23. The normalized spacial score (nSPS) is 10.6. The molecule has 2 N–H and O–H groups in total. The highest BCUT2D eigenvalue weighted by Gasteiger charge is 2.13. The molecule has 146 valence electrons. The van der Waals surface area contributed by atoms with Crippen molar-refractivity contribution < 1.29 is 9.53 Å². The average Bonchev–Trinajstić information content (AvgIpc) is 2.64. The van der Waals surface area contributed by atoms with E-state index in [0.29, 0.717) is 30.5 Å². The molecule has 2 aromatic rings. The Morgan fingerprint density at radius 1 is 1.15 bits per heavy atom. The van der Waals surface area contributed by atoms with Crippen LogP contribution in [0.25, 0.3) is 0 Å². The molecular formula is C20H29N5O2. The van der Waals surface area contributed by atoms with Crippen LogP contribution in [0.1, 0.15) is 35.7 Å². The molecule has 0 saturated heterocycles. The molecule has 0 aliphatic heterocycles. The van der Waals surface area contributed by atoms with E-state index in [0.717, 1.165) is 30.0 Å². The van der Waals surface area contributed by atoms with Crippen molar-refractivity contribution in [1.82, 2.24) is 9.97 Å². The van der Waals surface area contributed by atoms with Crippen LogP contribution in [0.4, 0.5) is 17.2 Å². The van der Waals surface area contributed by atoms with Gasteiger partial charge in [0.1, 0.15) is 17.3 Å². The summed E-state index contributed by atoms with van der Waals surface area (Å²) in [7, 11) is 1.64. The number of hydrogen-bond donors (Lipinski definition) is 2. The van der Waals surface area contributed by atoms with Gasteiger partial charge in [-0.1, -0.05) is 0 Å². The average molecular weight is 371 g/mol. The van der Waals surface area contributed by atoms with Gasteiger partial charge < -0.3 is 20.3 Å². The fourth-order valence-electron chi connectivity index (χ4n) is 2.82. The van der Waals surface area contributed by atoms with E-state index in [9.17, 15) is 4.79 Å². The summed E-state index contributed by atoms with van der Waals surface area (Å²) in [6.07, 6.45) is 0. The maximum atomic E-state index is 12.7. The summed E-state index contributed by atoms with van der Waals surface area (Å²) in [5.74, 6) is 0.892. The summed E-state index contributed by atoms with van der Waals surface area (Å²) < 4.78 is 5.02. The third-order valence-corrected chi connectivity index (χ3v) is 4.27. The molecular weight excluding hydrogens is 342 g/mol. The van der Waals surface area contributed by atoms with E-state index < -0.39 is 0 Å². The van der Waals surface area contributed by atoms with Crippen LogP contribution >= 0.6 is 0 Å². The zero-order valence-electron chi connectivity index (χ0n) is 16.8. The second-order valence-corrected chi connectivity index (χ2v) is 6.23. The maximum Gasteiger partial charge on any atom is 0.274 e. The quantitative estimate of drug-likeness (QED) is 0.659. The molecule has 27 heavy (non-hydrogen) atoms. The lowest BCUT2D eigenvalue weighted by molar-refractivity contribution is 0.102. The Morgan fingerprint density at radius 2 is 1.89 bits per heavy atom. The summed E-state index contributed by atoms with van der Waals surface area (Å²) in [6.45, 7) is 11.1. The lowest BCUT2D eigenvalue weighted by Crippen LogP contribution is -2.22. The number of benzene rings is 1. The van der Waals surface area contributed by atoms with Gasteiger partial charge >= 0.3 is 0 Å². The standard InChI is InChI=1S/C20H29N5O2/c1-6-25(7-2)16-8-9-17(14(3)12-16)24-20(26)18-13-19(21-10-11-27-5)23-15(4)22-18/h8-9,12-13H,6-7,10-11H2,1-5H3,(H,24,26)(H,21,22,23). The van der Waals surface area contributed by atoms with E-state index in [1.165, 1.54) is 0 Å². The van der Waals surface area contributed by atoms with E-state index in [4.69, 9.17) is 4.74 Å². The first-order valence-electron chi connectivity index (χ1n) is 9.23. The molecule has 0 aliphatic carbocycles. The number of nitrogens with one attached hydrogen (secondary N) is 2. The van der Waals surface area contributed by atoms with Crippen molar-refractivity contribution in [2.45, 2.75) is 27.7 Å². The number of carbonyl (C=O) groups excluding carboxylic acids is 1. The van der Waals surface area contributed by atoms with Crippen LogP contribution in [0.5, 0.6) is 0 Å². The Bertz CT molecular complexity index is 775. The van der Waals surface area contributed by atoms with Crippen molar-refractivity contribution in [2.24, 2.45) is 0 Å². The number of hydrogen-bond acceptors (Lipinski definition) is 6. The number of carbonyl (C=O) groups is 1. The Balaban J connectivity index is 2.15. The largest absolute Gasteiger partial charge is 0.383 e.